The minimum absolute atomic E-state index is 0.0263. The van der Waals surface area contributed by atoms with Gasteiger partial charge in [0.1, 0.15) is 17.6 Å². The largest absolute Gasteiger partial charge is 0.408 e. The fourth-order valence-corrected chi connectivity index (χ4v) is 5.21. The molecule has 202 valence electrons. The van der Waals surface area contributed by atoms with Crippen molar-refractivity contribution >= 4 is 29.0 Å². The van der Waals surface area contributed by atoms with Crippen LogP contribution in [-0.4, -0.2) is 68.7 Å². The Morgan fingerprint density at radius 3 is 2.51 bits per heavy atom. The van der Waals surface area contributed by atoms with Gasteiger partial charge in [-0.25, -0.2) is 18.7 Å². The molecule has 3 N–H and O–H groups in total. The second-order valence-electron chi connectivity index (χ2n) is 9.28. The number of likely N-dealkylation sites (tertiary alicyclic amines) is 1. The standard InChI is InChI=1S/C23H26F5N5O3S/c1-10-4-3-7-33(10)22(36)17-18(37-21(32-17)20(35)31-14-5-6-15(14)34)13-9-29-16(8-12(13)19(24)25)30-11(2)23(26,27)28/h8-11,14-15,19,34H,3-7H2,1-2H3,(H,29,30)(H,31,35)/t10-,11?,14-,15-/m0/s1. The number of hydrogen-bond acceptors (Lipinski definition) is 7. The summed E-state index contributed by atoms with van der Waals surface area (Å²) in [6.45, 7) is 3.11. The minimum atomic E-state index is -4.62. The molecular formula is C23H26F5N5O3S. The van der Waals surface area contributed by atoms with Crippen molar-refractivity contribution in [2.24, 2.45) is 0 Å². The second kappa shape index (κ2) is 10.5. The van der Waals surface area contributed by atoms with Crippen molar-refractivity contribution in [2.45, 2.75) is 76.4 Å². The molecule has 2 amide bonds. The van der Waals surface area contributed by atoms with Gasteiger partial charge in [0.05, 0.1) is 17.0 Å². The predicted octanol–water partition coefficient (Wildman–Crippen LogP) is 4.38. The van der Waals surface area contributed by atoms with Gasteiger partial charge in [0.15, 0.2) is 5.01 Å². The molecule has 1 aliphatic carbocycles. The van der Waals surface area contributed by atoms with Crippen molar-refractivity contribution in [1.29, 1.82) is 0 Å². The molecule has 8 nitrogen and oxygen atoms in total. The first kappa shape index (κ1) is 27.2. The van der Waals surface area contributed by atoms with Crippen LogP contribution in [0.2, 0.25) is 0 Å². The van der Waals surface area contributed by atoms with Gasteiger partial charge >= 0.3 is 6.18 Å². The van der Waals surface area contributed by atoms with Crippen molar-refractivity contribution < 1.29 is 36.6 Å². The van der Waals surface area contributed by atoms with Gasteiger partial charge in [-0.3, -0.25) is 9.59 Å². The van der Waals surface area contributed by atoms with E-state index in [4.69, 9.17) is 0 Å². The average molecular weight is 548 g/mol. The molecular weight excluding hydrogens is 521 g/mol. The molecule has 1 saturated heterocycles. The molecule has 0 spiro atoms. The Morgan fingerprint density at radius 2 is 1.97 bits per heavy atom. The molecule has 1 saturated carbocycles. The smallest absolute Gasteiger partial charge is 0.391 e. The van der Waals surface area contributed by atoms with Gasteiger partial charge in [-0.2, -0.15) is 13.2 Å². The molecule has 0 bridgehead atoms. The summed E-state index contributed by atoms with van der Waals surface area (Å²) in [5.41, 5.74) is -1.05. The lowest BCUT2D eigenvalue weighted by Crippen LogP contribution is -2.50. The first-order valence-electron chi connectivity index (χ1n) is 11.8. The summed E-state index contributed by atoms with van der Waals surface area (Å²) in [4.78, 5) is 35.8. The van der Waals surface area contributed by atoms with Crippen LogP contribution >= 0.6 is 11.3 Å². The van der Waals surface area contributed by atoms with E-state index in [9.17, 15) is 36.6 Å². The highest BCUT2D eigenvalue weighted by Gasteiger charge is 2.37. The predicted molar refractivity (Wildman–Crippen MR) is 126 cm³/mol. The summed E-state index contributed by atoms with van der Waals surface area (Å²) >= 11 is 0.716. The van der Waals surface area contributed by atoms with Crippen LogP contribution in [0.1, 0.15) is 71.8 Å². The quantitative estimate of drug-likeness (QED) is 0.444. The molecule has 0 aromatic carbocycles. The molecule has 2 aromatic rings. The molecule has 1 aliphatic heterocycles. The highest BCUT2D eigenvalue weighted by atomic mass is 32.1. The molecule has 2 aliphatic rings. The first-order chi connectivity index (χ1) is 17.4. The monoisotopic (exact) mass is 547 g/mol. The second-order valence-corrected chi connectivity index (χ2v) is 10.3. The average Bonchev–Trinajstić information content (AvgIpc) is 3.47. The van der Waals surface area contributed by atoms with E-state index in [-0.39, 0.29) is 27.2 Å². The van der Waals surface area contributed by atoms with Crippen LogP contribution in [0, 0.1) is 0 Å². The number of amides is 2. The van der Waals surface area contributed by atoms with E-state index in [2.05, 4.69) is 20.6 Å². The van der Waals surface area contributed by atoms with Gasteiger partial charge in [-0.05, 0) is 45.6 Å². The first-order valence-corrected chi connectivity index (χ1v) is 12.6. The third kappa shape index (κ3) is 5.69. The molecule has 37 heavy (non-hydrogen) atoms. The molecule has 4 rings (SSSR count). The zero-order valence-corrected chi connectivity index (χ0v) is 20.8. The van der Waals surface area contributed by atoms with Crippen LogP contribution in [0.15, 0.2) is 12.3 Å². The van der Waals surface area contributed by atoms with E-state index in [1.807, 2.05) is 6.92 Å². The molecule has 3 heterocycles. The van der Waals surface area contributed by atoms with E-state index in [0.29, 0.717) is 30.7 Å². The van der Waals surface area contributed by atoms with Crippen LogP contribution in [0.4, 0.5) is 27.8 Å². The number of pyridine rings is 1. The Hall–Kier alpha value is -2.87. The third-order valence-electron chi connectivity index (χ3n) is 6.66. The summed E-state index contributed by atoms with van der Waals surface area (Å²) in [7, 11) is 0. The van der Waals surface area contributed by atoms with Gasteiger partial charge in [0.2, 0.25) is 0 Å². The fourth-order valence-electron chi connectivity index (χ4n) is 4.22. The van der Waals surface area contributed by atoms with Gasteiger partial charge in [0.25, 0.3) is 18.2 Å². The molecule has 0 radical (unpaired) electrons. The van der Waals surface area contributed by atoms with Gasteiger partial charge < -0.3 is 20.6 Å². The van der Waals surface area contributed by atoms with E-state index >= 15 is 0 Å². The SMILES string of the molecule is CC(Nc1cc(C(F)F)c(-c2sc(C(=O)N[C@H]3CC[C@@H]3O)nc2C(=O)N2CCC[C@@H]2C)cn1)C(F)(F)F. The van der Waals surface area contributed by atoms with Gasteiger partial charge in [0, 0.05) is 29.9 Å². The zero-order valence-electron chi connectivity index (χ0n) is 20.0. The highest BCUT2D eigenvalue weighted by molar-refractivity contribution is 7.17. The number of aliphatic hydroxyl groups is 1. The fraction of sp³-hybridized carbons (Fsp3) is 0.565. The van der Waals surface area contributed by atoms with Crippen molar-refractivity contribution in [3.63, 3.8) is 0 Å². The maximum Gasteiger partial charge on any atom is 0.408 e. The van der Waals surface area contributed by atoms with Crippen LogP contribution in [0.5, 0.6) is 0 Å². The number of aromatic nitrogens is 2. The number of nitrogens with one attached hydrogen (secondary N) is 2. The van der Waals surface area contributed by atoms with Crippen LogP contribution in [-0.2, 0) is 0 Å². The Labute approximate surface area is 213 Å². The van der Waals surface area contributed by atoms with Crippen molar-refractivity contribution in [2.75, 3.05) is 11.9 Å². The summed E-state index contributed by atoms with van der Waals surface area (Å²) in [6.07, 6.45) is -4.89. The molecule has 1 unspecified atom stereocenters. The number of aliphatic hydroxyl groups excluding tert-OH is 1. The van der Waals surface area contributed by atoms with Crippen molar-refractivity contribution in [1.82, 2.24) is 20.2 Å². The van der Waals surface area contributed by atoms with Crippen LogP contribution in [0.25, 0.3) is 10.4 Å². The number of halogens is 5. The van der Waals surface area contributed by atoms with Crippen LogP contribution < -0.4 is 10.6 Å². The Bertz CT molecular complexity index is 1170. The number of carbonyl (C=O) groups excluding carboxylic acids is 2. The van der Waals surface area contributed by atoms with E-state index < -0.39 is 54.0 Å². The zero-order chi connectivity index (χ0) is 27.1. The normalized spacial score (nSPS) is 22.6. The maximum absolute atomic E-state index is 14.1. The molecule has 4 atom stereocenters. The highest BCUT2D eigenvalue weighted by Crippen LogP contribution is 2.39. The number of rotatable bonds is 7. The lowest BCUT2D eigenvalue weighted by atomic mass is 9.89. The van der Waals surface area contributed by atoms with E-state index in [1.54, 1.807) is 4.90 Å². The number of anilines is 1. The topological polar surface area (TPSA) is 107 Å². The number of thiazole rings is 1. The van der Waals surface area contributed by atoms with Crippen molar-refractivity contribution in [3.8, 4) is 10.4 Å². The third-order valence-corrected chi connectivity index (χ3v) is 7.75. The summed E-state index contributed by atoms with van der Waals surface area (Å²) in [5.74, 6) is -1.61. The lowest BCUT2D eigenvalue weighted by Gasteiger charge is -2.32. The number of hydrogen-bond donors (Lipinski definition) is 3. The van der Waals surface area contributed by atoms with E-state index in [0.717, 1.165) is 32.0 Å². The minimum Gasteiger partial charge on any atom is -0.391 e. The molecule has 14 heteroatoms. The Kier molecular flexibility index (Phi) is 7.70. The summed E-state index contributed by atoms with van der Waals surface area (Å²) in [6, 6.07) is -1.82. The lowest BCUT2D eigenvalue weighted by molar-refractivity contribution is -0.138. The van der Waals surface area contributed by atoms with Crippen molar-refractivity contribution in [3.05, 3.63) is 28.5 Å². The number of alkyl halides is 5. The maximum atomic E-state index is 14.1. The summed E-state index contributed by atoms with van der Waals surface area (Å²) < 4.78 is 67.0. The van der Waals surface area contributed by atoms with E-state index in [1.165, 1.54) is 0 Å². The molecule has 2 aromatic heterocycles. The Morgan fingerprint density at radius 1 is 1.24 bits per heavy atom. The number of nitrogens with zero attached hydrogens (tertiary/aromatic N) is 3. The molecule has 2 fully saturated rings. The van der Waals surface area contributed by atoms with Crippen LogP contribution in [0.3, 0.4) is 0 Å². The van der Waals surface area contributed by atoms with Gasteiger partial charge in [-0.1, -0.05) is 0 Å². The summed E-state index contributed by atoms with van der Waals surface area (Å²) in [5, 5.41) is 14.3. The Balaban J connectivity index is 1.74. The van der Waals surface area contributed by atoms with Gasteiger partial charge in [-0.15, -0.1) is 11.3 Å². The number of carbonyl (C=O) groups is 2.